The minimum absolute atomic E-state index is 0.655. The predicted octanol–water partition coefficient (Wildman–Crippen LogP) is 2.06. The predicted molar refractivity (Wildman–Crippen MR) is 66.5 cm³/mol. The summed E-state index contributed by atoms with van der Waals surface area (Å²) in [7, 11) is 2.06. The van der Waals surface area contributed by atoms with Crippen molar-refractivity contribution in [2.24, 2.45) is 7.05 Å². The van der Waals surface area contributed by atoms with Gasteiger partial charge in [0, 0.05) is 25.2 Å². The van der Waals surface area contributed by atoms with Gasteiger partial charge < -0.3 is 5.32 Å². The molecule has 1 atom stereocenters. The normalized spacial score (nSPS) is 22.0. The highest BCUT2D eigenvalue weighted by atomic mass is 15.3. The van der Waals surface area contributed by atoms with E-state index in [0.717, 1.165) is 12.8 Å². The van der Waals surface area contributed by atoms with Crippen LogP contribution in [0.3, 0.4) is 0 Å². The molecule has 1 fully saturated rings. The van der Waals surface area contributed by atoms with E-state index in [9.17, 15) is 0 Å². The minimum Gasteiger partial charge on any atom is -0.314 e. The van der Waals surface area contributed by atoms with Gasteiger partial charge in [-0.1, -0.05) is 19.8 Å². The molecule has 0 radical (unpaired) electrons. The van der Waals surface area contributed by atoms with E-state index in [2.05, 4.69) is 30.5 Å². The Kier molecular flexibility index (Phi) is 3.99. The average Bonchev–Trinajstić information content (AvgIpc) is 2.51. The summed E-state index contributed by atoms with van der Waals surface area (Å²) in [5.74, 6) is 0. The first-order chi connectivity index (χ1) is 7.79. The molecular weight excluding hydrogens is 198 g/mol. The van der Waals surface area contributed by atoms with Gasteiger partial charge in [0.05, 0.1) is 5.69 Å². The number of hydrogen-bond acceptors (Lipinski definition) is 2. The standard InChI is InChI=1S/C13H23N3/c1-3-11-9-13(16(2)15-11)10-12-7-5-4-6-8-14-12/h9,12,14H,3-8,10H2,1-2H3. The number of nitrogens with zero attached hydrogens (tertiary/aromatic N) is 2. The second-order valence-electron chi connectivity index (χ2n) is 4.81. The molecule has 1 saturated heterocycles. The Bertz CT molecular complexity index is 322. The van der Waals surface area contributed by atoms with Gasteiger partial charge in [-0.25, -0.2) is 0 Å². The minimum atomic E-state index is 0.655. The van der Waals surface area contributed by atoms with Gasteiger partial charge in [0.15, 0.2) is 0 Å². The smallest absolute Gasteiger partial charge is 0.0624 e. The maximum atomic E-state index is 4.51. The summed E-state index contributed by atoms with van der Waals surface area (Å²) >= 11 is 0. The van der Waals surface area contributed by atoms with E-state index in [-0.39, 0.29) is 0 Å². The van der Waals surface area contributed by atoms with Crippen molar-refractivity contribution in [2.45, 2.75) is 51.5 Å². The second-order valence-corrected chi connectivity index (χ2v) is 4.81. The number of hydrogen-bond donors (Lipinski definition) is 1. The Morgan fingerprint density at radius 1 is 1.44 bits per heavy atom. The third-order valence-electron chi connectivity index (χ3n) is 3.51. The van der Waals surface area contributed by atoms with E-state index in [0.29, 0.717) is 6.04 Å². The molecule has 0 aliphatic carbocycles. The molecule has 1 unspecified atom stereocenters. The molecule has 1 N–H and O–H groups in total. The third kappa shape index (κ3) is 2.85. The zero-order valence-electron chi connectivity index (χ0n) is 10.5. The zero-order valence-corrected chi connectivity index (χ0v) is 10.5. The van der Waals surface area contributed by atoms with Crippen LogP contribution in [0.5, 0.6) is 0 Å². The van der Waals surface area contributed by atoms with Crippen molar-refractivity contribution in [1.82, 2.24) is 15.1 Å². The van der Waals surface area contributed by atoms with Crippen molar-refractivity contribution < 1.29 is 0 Å². The van der Waals surface area contributed by atoms with E-state index < -0.39 is 0 Å². The molecule has 1 aromatic rings. The Morgan fingerprint density at radius 3 is 3.06 bits per heavy atom. The van der Waals surface area contributed by atoms with Crippen LogP contribution in [-0.4, -0.2) is 22.4 Å². The molecule has 1 aromatic heterocycles. The topological polar surface area (TPSA) is 29.9 Å². The van der Waals surface area contributed by atoms with Gasteiger partial charge in [0.2, 0.25) is 0 Å². The fraction of sp³-hybridized carbons (Fsp3) is 0.769. The Hall–Kier alpha value is -0.830. The van der Waals surface area contributed by atoms with E-state index >= 15 is 0 Å². The van der Waals surface area contributed by atoms with Crippen LogP contribution in [0, 0.1) is 0 Å². The van der Waals surface area contributed by atoms with E-state index in [1.165, 1.54) is 43.6 Å². The maximum Gasteiger partial charge on any atom is 0.0624 e. The Labute approximate surface area is 98.2 Å². The third-order valence-corrected chi connectivity index (χ3v) is 3.51. The van der Waals surface area contributed by atoms with Crippen LogP contribution in [0.25, 0.3) is 0 Å². The van der Waals surface area contributed by atoms with Crippen LogP contribution >= 0.6 is 0 Å². The highest BCUT2D eigenvalue weighted by molar-refractivity contribution is 5.11. The number of nitrogens with one attached hydrogen (secondary N) is 1. The molecule has 0 spiro atoms. The monoisotopic (exact) mass is 221 g/mol. The van der Waals surface area contributed by atoms with Crippen LogP contribution in [0.4, 0.5) is 0 Å². The summed E-state index contributed by atoms with van der Waals surface area (Å²) in [5, 5.41) is 8.15. The highest BCUT2D eigenvalue weighted by Crippen LogP contribution is 2.14. The molecule has 1 aliphatic heterocycles. The molecule has 0 saturated carbocycles. The SMILES string of the molecule is CCc1cc(CC2CCCCCN2)n(C)n1. The van der Waals surface area contributed by atoms with Gasteiger partial charge in [0.1, 0.15) is 0 Å². The molecule has 1 aliphatic rings. The van der Waals surface area contributed by atoms with Crippen molar-refractivity contribution in [2.75, 3.05) is 6.54 Å². The molecule has 3 heteroatoms. The molecule has 2 rings (SSSR count). The summed E-state index contributed by atoms with van der Waals surface area (Å²) in [6.07, 6.45) is 7.56. The lowest BCUT2D eigenvalue weighted by Crippen LogP contribution is -2.30. The first-order valence-corrected chi connectivity index (χ1v) is 6.54. The lowest BCUT2D eigenvalue weighted by atomic mass is 10.1. The van der Waals surface area contributed by atoms with Crippen LogP contribution in [0.2, 0.25) is 0 Å². The summed E-state index contributed by atoms with van der Waals surface area (Å²) in [6, 6.07) is 2.91. The molecular formula is C13H23N3. The van der Waals surface area contributed by atoms with Gasteiger partial charge in [-0.15, -0.1) is 0 Å². The number of aromatic nitrogens is 2. The molecule has 2 heterocycles. The zero-order chi connectivity index (χ0) is 11.4. The van der Waals surface area contributed by atoms with Crippen molar-refractivity contribution in [1.29, 1.82) is 0 Å². The molecule has 90 valence electrons. The lowest BCUT2D eigenvalue weighted by Gasteiger charge is -2.15. The van der Waals surface area contributed by atoms with Crippen LogP contribution in [0.1, 0.15) is 44.0 Å². The Balaban J connectivity index is 1.98. The molecule has 3 nitrogen and oxygen atoms in total. The number of rotatable bonds is 3. The first-order valence-electron chi connectivity index (χ1n) is 6.54. The fourth-order valence-electron chi connectivity index (χ4n) is 2.46. The average molecular weight is 221 g/mol. The summed E-state index contributed by atoms with van der Waals surface area (Å²) in [5.41, 5.74) is 2.59. The van der Waals surface area contributed by atoms with Gasteiger partial charge in [-0.3, -0.25) is 4.68 Å². The van der Waals surface area contributed by atoms with Gasteiger partial charge in [-0.05, 0) is 31.9 Å². The fourth-order valence-corrected chi connectivity index (χ4v) is 2.46. The lowest BCUT2D eigenvalue weighted by molar-refractivity contribution is 0.492. The van der Waals surface area contributed by atoms with Crippen LogP contribution in [0.15, 0.2) is 6.07 Å². The molecule has 0 bridgehead atoms. The van der Waals surface area contributed by atoms with Gasteiger partial charge in [0.25, 0.3) is 0 Å². The van der Waals surface area contributed by atoms with Gasteiger partial charge >= 0.3 is 0 Å². The van der Waals surface area contributed by atoms with Crippen molar-refractivity contribution in [3.63, 3.8) is 0 Å². The maximum absolute atomic E-state index is 4.51. The number of aryl methyl sites for hydroxylation is 2. The first kappa shape index (κ1) is 11.6. The Morgan fingerprint density at radius 2 is 2.31 bits per heavy atom. The van der Waals surface area contributed by atoms with E-state index in [1.807, 2.05) is 4.68 Å². The quantitative estimate of drug-likeness (QED) is 0.846. The molecule has 16 heavy (non-hydrogen) atoms. The van der Waals surface area contributed by atoms with Gasteiger partial charge in [-0.2, -0.15) is 5.10 Å². The summed E-state index contributed by atoms with van der Waals surface area (Å²) < 4.78 is 2.05. The van der Waals surface area contributed by atoms with E-state index in [1.54, 1.807) is 0 Å². The largest absolute Gasteiger partial charge is 0.314 e. The van der Waals surface area contributed by atoms with Crippen molar-refractivity contribution >= 4 is 0 Å². The second kappa shape index (κ2) is 5.48. The summed E-state index contributed by atoms with van der Waals surface area (Å²) in [4.78, 5) is 0. The van der Waals surface area contributed by atoms with Crippen molar-refractivity contribution in [3.8, 4) is 0 Å². The molecule has 0 amide bonds. The van der Waals surface area contributed by atoms with Crippen LogP contribution in [-0.2, 0) is 19.9 Å². The van der Waals surface area contributed by atoms with E-state index in [4.69, 9.17) is 0 Å². The van der Waals surface area contributed by atoms with Crippen molar-refractivity contribution in [3.05, 3.63) is 17.5 Å². The highest BCUT2D eigenvalue weighted by Gasteiger charge is 2.14. The van der Waals surface area contributed by atoms with Crippen LogP contribution < -0.4 is 5.32 Å². The molecule has 0 aromatic carbocycles. The summed E-state index contributed by atoms with van der Waals surface area (Å²) in [6.45, 7) is 3.35.